The first-order valence-corrected chi connectivity index (χ1v) is 19.6. The van der Waals surface area contributed by atoms with Crippen LogP contribution in [0.2, 0.25) is 0 Å². The fourth-order valence-corrected chi connectivity index (χ4v) is 6.08. The number of rotatable bonds is 7. The molecule has 0 aliphatic heterocycles. The summed E-state index contributed by atoms with van der Waals surface area (Å²) in [5.41, 5.74) is 4.39. The molecule has 0 aliphatic carbocycles. The van der Waals surface area contributed by atoms with E-state index in [4.69, 9.17) is 28.0 Å². The molecule has 0 atom stereocenters. The summed E-state index contributed by atoms with van der Waals surface area (Å²) in [5, 5.41) is 2.50. The summed E-state index contributed by atoms with van der Waals surface area (Å²) in [5.74, 6) is 0.720. The molecule has 0 spiro atoms. The van der Waals surface area contributed by atoms with Crippen LogP contribution in [0.3, 0.4) is 0 Å². The van der Waals surface area contributed by atoms with Crippen molar-refractivity contribution in [3.63, 3.8) is 0 Å². The number of pyridine rings is 1. The van der Waals surface area contributed by atoms with E-state index in [1.807, 2.05) is 102 Å². The zero-order valence-corrected chi connectivity index (χ0v) is 26.7. The average molecular weight is 789 g/mol. The van der Waals surface area contributed by atoms with E-state index >= 15 is 0 Å². The Bertz CT molecular complexity index is 1940. The molecule has 0 radical (unpaired) electrons. The summed E-state index contributed by atoms with van der Waals surface area (Å²) >= 11 is -0.472. The van der Waals surface area contributed by atoms with Crippen LogP contribution in [0.15, 0.2) is 102 Å². The van der Waals surface area contributed by atoms with Crippen molar-refractivity contribution in [2.75, 3.05) is 25.6 Å². The molecule has 2 aromatic heterocycles. The van der Waals surface area contributed by atoms with Crippen LogP contribution in [0.5, 0.6) is 0 Å². The quantitative estimate of drug-likeness (QED) is 0.159. The standard InChI is InChI=1S/C30H26N4O3S.2ClH.Pt/c1-33(2)26-16-6-12-23-22(26)11-7-17-28(23)38(35,36)37-20-19-34-27-15-4-3-14-25(27)32-30(34)24-13-5-9-21-10-8-18-31-29(21)24;;;/h3-18H,19-20H2,1-2H3;2*1H;/q;;;+2/p-2. The average Bonchev–Trinajstić information content (AvgIpc) is 3.34. The number of hydrogen-bond acceptors (Lipinski definition) is 6. The third-order valence-corrected chi connectivity index (χ3v) is 8.06. The van der Waals surface area contributed by atoms with Crippen molar-refractivity contribution < 1.29 is 29.1 Å². The first kappa shape index (κ1) is 29.5. The van der Waals surface area contributed by atoms with Crippen molar-refractivity contribution in [3.05, 3.63) is 97.2 Å². The van der Waals surface area contributed by atoms with Crippen molar-refractivity contribution in [3.8, 4) is 11.4 Å². The number of para-hydroxylation sites is 3. The van der Waals surface area contributed by atoms with Crippen molar-refractivity contribution in [2.24, 2.45) is 0 Å². The Balaban J connectivity index is 0.00000108. The molecule has 4 aromatic carbocycles. The van der Waals surface area contributed by atoms with Gasteiger partial charge in [0.2, 0.25) is 0 Å². The number of fused-ring (bicyclic) bond motifs is 3. The summed E-state index contributed by atoms with van der Waals surface area (Å²) < 4.78 is 34.4. The van der Waals surface area contributed by atoms with Gasteiger partial charge in [0.1, 0.15) is 10.7 Å². The molecule has 2 heterocycles. The molecule has 0 N–H and O–H groups in total. The number of imidazole rings is 1. The van der Waals surface area contributed by atoms with E-state index < -0.39 is 26.6 Å². The normalized spacial score (nSPS) is 11.6. The van der Waals surface area contributed by atoms with E-state index in [0.717, 1.165) is 44.4 Å². The fraction of sp³-hybridized carbons (Fsp3) is 0.133. The molecule has 7 nitrogen and oxygen atoms in total. The van der Waals surface area contributed by atoms with Gasteiger partial charge in [-0.15, -0.1) is 0 Å². The van der Waals surface area contributed by atoms with Crippen LogP contribution in [0.1, 0.15) is 0 Å². The predicted octanol–water partition coefficient (Wildman–Crippen LogP) is 7.25. The summed E-state index contributed by atoms with van der Waals surface area (Å²) in [6.07, 6.45) is 1.76. The minimum atomic E-state index is -4.01. The molecular formula is C30H26Cl2N4O3PtS. The van der Waals surface area contributed by atoms with Crippen molar-refractivity contribution in [2.45, 2.75) is 11.4 Å². The van der Waals surface area contributed by atoms with E-state index in [2.05, 4.69) is 4.98 Å². The Morgan fingerprint density at radius 2 is 1.59 bits per heavy atom. The first-order chi connectivity index (χ1) is 19.9. The molecule has 6 rings (SSSR count). The Hall–Kier alpha value is -3.00. The molecule has 0 saturated heterocycles. The molecule has 0 unspecified atom stereocenters. The van der Waals surface area contributed by atoms with Crippen molar-refractivity contribution in [1.29, 1.82) is 0 Å². The maximum atomic E-state index is 13.4. The maximum absolute atomic E-state index is 13.4. The Morgan fingerprint density at radius 1 is 0.878 bits per heavy atom. The summed E-state index contributed by atoms with van der Waals surface area (Å²) in [6.45, 7) is 0.254. The van der Waals surface area contributed by atoms with Crippen molar-refractivity contribution in [1.82, 2.24) is 14.5 Å². The van der Waals surface area contributed by atoms with E-state index in [-0.39, 0.29) is 11.5 Å². The Morgan fingerprint density at radius 3 is 2.39 bits per heavy atom. The van der Waals surface area contributed by atoms with Gasteiger partial charge in [-0.3, -0.25) is 9.17 Å². The van der Waals surface area contributed by atoms with Gasteiger partial charge in [-0.05, 0) is 36.4 Å². The van der Waals surface area contributed by atoms with E-state index in [0.29, 0.717) is 11.9 Å². The second kappa shape index (κ2) is 12.9. The number of nitrogens with zero attached hydrogens (tertiary/aromatic N) is 4. The van der Waals surface area contributed by atoms with Crippen LogP contribution in [-0.2, 0) is 37.3 Å². The van der Waals surface area contributed by atoms with Crippen LogP contribution in [0.4, 0.5) is 5.69 Å². The molecule has 0 fully saturated rings. The van der Waals surface area contributed by atoms with Gasteiger partial charge >= 0.3 is 35.3 Å². The second-order valence-electron chi connectivity index (χ2n) is 9.30. The topological polar surface area (TPSA) is 77.3 Å². The SMILES string of the molecule is CN(C)c1cccc2c(S(=O)(=O)OCCn3c(-c4cccc5cccnc45)nc4ccccc43)cccc12.[Cl][Pt][Cl]. The molecular weight excluding hydrogens is 762 g/mol. The number of halogens is 2. The molecule has 214 valence electrons. The van der Waals surface area contributed by atoms with Crippen LogP contribution in [0, 0.1) is 0 Å². The predicted molar refractivity (Wildman–Crippen MR) is 164 cm³/mol. The number of anilines is 1. The van der Waals surface area contributed by atoms with Gasteiger partial charge in [-0.1, -0.05) is 54.6 Å². The van der Waals surface area contributed by atoms with Gasteiger partial charge in [0.15, 0.2) is 0 Å². The third kappa shape index (κ3) is 6.13. The van der Waals surface area contributed by atoms with Crippen LogP contribution >= 0.6 is 18.8 Å². The Labute approximate surface area is 255 Å². The molecule has 0 aliphatic rings. The van der Waals surface area contributed by atoms with E-state index in [9.17, 15) is 8.42 Å². The summed E-state index contributed by atoms with van der Waals surface area (Å²) in [6, 6.07) is 28.6. The van der Waals surface area contributed by atoms with Gasteiger partial charge in [-0.2, -0.15) is 8.42 Å². The molecule has 41 heavy (non-hydrogen) atoms. The molecule has 0 bridgehead atoms. The second-order valence-corrected chi connectivity index (χ2v) is 14.2. The van der Waals surface area contributed by atoms with Gasteiger partial charge in [-0.25, -0.2) is 4.98 Å². The molecule has 0 saturated carbocycles. The number of benzene rings is 4. The number of aromatic nitrogens is 3. The summed E-state index contributed by atoms with van der Waals surface area (Å²) in [7, 11) is 9.61. The molecule has 11 heteroatoms. The zero-order chi connectivity index (χ0) is 29.0. The Kier molecular flexibility index (Phi) is 9.27. The van der Waals surface area contributed by atoms with Crippen molar-refractivity contribution >= 4 is 67.4 Å². The zero-order valence-electron chi connectivity index (χ0n) is 22.1. The van der Waals surface area contributed by atoms with E-state index in [1.54, 1.807) is 18.3 Å². The van der Waals surface area contributed by atoms with Gasteiger partial charge in [0.05, 0.1) is 23.2 Å². The summed E-state index contributed by atoms with van der Waals surface area (Å²) in [4.78, 5) is 11.6. The van der Waals surface area contributed by atoms with Crippen LogP contribution in [-0.4, -0.2) is 43.7 Å². The monoisotopic (exact) mass is 787 g/mol. The molecule has 6 aromatic rings. The van der Waals surface area contributed by atoms with Gasteiger partial charge in [0, 0.05) is 54.2 Å². The van der Waals surface area contributed by atoms with Gasteiger partial charge in [0.25, 0.3) is 10.1 Å². The molecule has 0 amide bonds. The fourth-order valence-electron chi connectivity index (χ4n) is 4.97. The van der Waals surface area contributed by atoms with Crippen LogP contribution < -0.4 is 4.90 Å². The first-order valence-electron chi connectivity index (χ1n) is 12.6. The van der Waals surface area contributed by atoms with E-state index in [1.165, 1.54) is 0 Å². The van der Waals surface area contributed by atoms with Gasteiger partial charge < -0.3 is 9.47 Å². The third-order valence-electron chi connectivity index (χ3n) is 6.69. The van der Waals surface area contributed by atoms with Crippen LogP contribution in [0.25, 0.3) is 44.1 Å². The minimum absolute atomic E-state index is 0.0440. The number of hydrogen-bond donors (Lipinski definition) is 0.